The number of hydrogen-bond donors (Lipinski definition) is 0. The van der Waals surface area contributed by atoms with Gasteiger partial charge in [0.2, 0.25) is 11.8 Å². The van der Waals surface area contributed by atoms with Gasteiger partial charge in [-0.15, -0.1) is 0 Å². The summed E-state index contributed by atoms with van der Waals surface area (Å²) < 4.78 is 11.7. The summed E-state index contributed by atoms with van der Waals surface area (Å²) in [5.41, 5.74) is 0. The van der Waals surface area contributed by atoms with Gasteiger partial charge in [-0.1, -0.05) is 266 Å². The molecule has 0 aliphatic carbocycles. The van der Waals surface area contributed by atoms with Gasteiger partial charge < -0.3 is 24.2 Å². The molecule has 83 heavy (non-hydrogen) atoms. The van der Waals surface area contributed by atoms with E-state index < -0.39 is 0 Å². The van der Waals surface area contributed by atoms with Crippen molar-refractivity contribution in [2.24, 2.45) is 11.8 Å². The second-order valence-electron chi connectivity index (χ2n) is 26.1. The van der Waals surface area contributed by atoms with E-state index in [0.29, 0.717) is 62.5 Å². The number of carbonyl (C=O) groups is 4. The lowest BCUT2D eigenvalue weighted by Crippen LogP contribution is -2.32. The van der Waals surface area contributed by atoms with E-state index in [9.17, 15) is 19.2 Å². The van der Waals surface area contributed by atoms with Crippen LogP contribution in [0.2, 0.25) is 0 Å². The summed E-state index contributed by atoms with van der Waals surface area (Å²) in [6, 6.07) is 0. The van der Waals surface area contributed by atoms with Crippen LogP contribution in [0.4, 0.5) is 0 Å². The Hall–Kier alpha value is -2.16. The first-order valence-electron chi connectivity index (χ1n) is 37.2. The smallest absolute Gasteiger partial charge is 0.305 e. The largest absolute Gasteiger partial charge is 0.465 e. The van der Waals surface area contributed by atoms with Crippen molar-refractivity contribution in [1.82, 2.24) is 14.7 Å². The molecular weight excluding hydrogens is 1030 g/mol. The van der Waals surface area contributed by atoms with Crippen LogP contribution in [0.1, 0.15) is 382 Å². The first-order chi connectivity index (χ1) is 40.6. The van der Waals surface area contributed by atoms with Crippen molar-refractivity contribution in [1.29, 1.82) is 0 Å². The van der Waals surface area contributed by atoms with Crippen molar-refractivity contribution in [2.75, 3.05) is 59.5 Å². The number of hydrogen-bond acceptors (Lipinski definition) is 7. The lowest BCUT2D eigenvalue weighted by Gasteiger charge is -2.23. The zero-order chi connectivity index (χ0) is 60.7. The van der Waals surface area contributed by atoms with Crippen molar-refractivity contribution in [2.45, 2.75) is 382 Å². The second kappa shape index (κ2) is 64.3. The van der Waals surface area contributed by atoms with Gasteiger partial charge in [0.1, 0.15) is 0 Å². The summed E-state index contributed by atoms with van der Waals surface area (Å²) in [4.78, 5) is 59.1. The zero-order valence-corrected chi connectivity index (χ0v) is 57.1. The van der Waals surface area contributed by atoms with Gasteiger partial charge in [-0.05, 0) is 122 Å². The fourth-order valence-electron chi connectivity index (χ4n) is 12.0. The molecule has 9 nitrogen and oxygen atoms in total. The Morgan fingerprint density at radius 1 is 0.265 bits per heavy atom. The molecule has 0 saturated heterocycles. The maximum Gasteiger partial charge on any atom is 0.305 e. The molecule has 0 bridgehead atoms. The Morgan fingerprint density at radius 3 is 0.795 bits per heavy atom. The van der Waals surface area contributed by atoms with Crippen molar-refractivity contribution >= 4 is 23.8 Å². The molecule has 2 unspecified atom stereocenters. The molecule has 0 saturated carbocycles. The van der Waals surface area contributed by atoms with Gasteiger partial charge in [0, 0.05) is 51.9 Å². The Bertz CT molecular complexity index is 1390. The molecule has 0 aromatic heterocycles. The van der Waals surface area contributed by atoms with Crippen molar-refractivity contribution in [3.8, 4) is 0 Å². The Labute approximate surface area is 518 Å². The summed E-state index contributed by atoms with van der Waals surface area (Å²) in [5, 5.41) is 0. The average molecular weight is 1170 g/mol. The number of ether oxygens (including phenoxy) is 2. The van der Waals surface area contributed by atoms with Crippen LogP contribution in [-0.4, -0.2) is 98.0 Å². The number of carbonyl (C=O) groups excluding carboxylic acids is 4. The Kier molecular flexibility index (Phi) is 62.6. The van der Waals surface area contributed by atoms with E-state index in [4.69, 9.17) is 9.47 Å². The maximum absolute atomic E-state index is 13.4. The summed E-state index contributed by atoms with van der Waals surface area (Å²) in [7, 11) is 2.27. The van der Waals surface area contributed by atoms with Gasteiger partial charge >= 0.3 is 11.9 Å². The number of unbranched alkanes of at least 4 members (excludes halogenated alkanes) is 35. The van der Waals surface area contributed by atoms with Gasteiger partial charge in [-0.2, -0.15) is 0 Å². The van der Waals surface area contributed by atoms with E-state index in [1.165, 1.54) is 238 Å². The number of amides is 2. The first-order valence-corrected chi connectivity index (χ1v) is 37.2. The van der Waals surface area contributed by atoms with Crippen LogP contribution in [0.5, 0.6) is 0 Å². The van der Waals surface area contributed by atoms with Gasteiger partial charge in [0.15, 0.2) is 0 Å². The van der Waals surface area contributed by atoms with Crippen molar-refractivity contribution in [3.05, 3.63) is 0 Å². The van der Waals surface area contributed by atoms with Crippen molar-refractivity contribution in [3.63, 3.8) is 0 Å². The fraction of sp³-hybridized carbons (Fsp3) is 0.946. The highest BCUT2D eigenvalue weighted by Gasteiger charge is 2.17. The third-order valence-electron chi connectivity index (χ3n) is 17.8. The van der Waals surface area contributed by atoms with Crippen LogP contribution >= 0.6 is 0 Å². The quantitative estimate of drug-likeness (QED) is 0.0442. The highest BCUT2D eigenvalue weighted by molar-refractivity contribution is 5.76. The van der Waals surface area contributed by atoms with Crippen LogP contribution in [0.3, 0.4) is 0 Å². The summed E-state index contributed by atoms with van der Waals surface area (Å²) >= 11 is 0. The van der Waals surface area contributed by atoms with E-state index in [2.05, 4.69) is 63.3 Å². The van der Waals surface area contributed by atoms with Gasteiger partial charge in [0.25, 0.3) is 0 Å². The van der Waals surface area contributed by atoms with E-state index in [-0.39, 0.29) is 11.9 Å². The Balaban J connectivity index is 4.35. The number of nitrogens with zero attached hydrogens (tertiary/aromatic N) is 3. The molecule has 0 N–H and O–H groups in total. The minimum Gasteiger partial charge on any atom is -0.465 e. The van der Waals surface area contributed by atoms with Crippen molar-refractivity contribution < 1.29 is 28.7 Å². The second-order valence-corrected chi connectivity index (χ2v) is 26.1. The lowest BCUT2D eigenvalue weighted by atomic mass is 9.95. The van der Waals surface area contributed by atoms with Crippen LogP contribution < -0.4 is 0 Å². The number of rotatable bonds is 67. The molecule has 9 heteroatoms. The Morgan fingerprint density at radius 2 is 0.482 bits per heavy atom. The summed E-state index contributed by atoms with van der Waals surface area (Å²) in [6.45, 7) is 20.4. The lowest BCUT2D eigenvalue weighted by molar-refractivity contribution is -0.146. The molecule has 0 radical (unpaired) electrons. The van der Waals surface area contributed by atoms with Gasteiger partial charge in [-0.25, -0.2) is 0 Å². The topological polar surface area (TPSA) is 96.5 Å². The zero-order valence-electron chi connectivity index (χ0n) is 57.1. The molecule has 0 aliphatic rings. The number of esters is 2. The van der Waals surface area contributed by atoms with Crippen LogP contribution in [-0.2, 0) is 28.7 Å². The predicted octanol–water partition coefficient (Wildman–Crippen LogP) is 21.7. The van der Waals surface area contributed by atoms with E-state index in [1.807, 2.05) is 0 Å². The van der Waals surface area contributed by atoms with E-state index in [0.717, 1.165) is 116 Å². The standard InChI is InChI=1S/C74H145N3O6/c1-8-14-20-26-32-42-56-70(54-40-23-17-11-4)68-83-74(81)60-46-38-52-66-77(64-50-25-19-13-6)72(79)58-44-34-28-30-36-48-62-75(7)61-47-35-29-27-33-43-57-71(78)76(63-49-24-18-12-5)65-51-37-45-59-73(80)82-67-69(53-39-22-16-10-3)55-41-31-21-15-9-2/h69-70H,8-68H2,1-7H3. The maximum atomic E-state index is 13.4. The minimum atomic E-state index is -0.0360. The average Bonchev–Trinajstić information content (AvgIpc) is 3.49. The van der Waals surface area contributed by atoms with Gasteiger partial charge in [-0.3, -0.25) is 19.2 Å². The predicted molar refractivity (Wildman–Crippen MR) is 358 cm³/mol. The van der Waals surface area contributed by atoms with Crippen LogP contribution in [0, 0.1) is 11.8 Å². The normalized spacial score (nSPS) is 12.3. The van der Waals surface area contributed by atoms with Crippen LogP contribution in [0.25, 0.3) is 0 Å². The SMILES string of the molecule is CCCCCCCCC(CCCCCC)COC(=O)CCCCCN(CCCCCC)C(=O)CCCCCCCCN(C)CCCCCCCCC(=O)N(CCCCCC)CCCCCC(=O)OCC(CCCCCC)CCCCCCC. The molecule has 0 heterocycles. The molecule has 2 amide bonds. The first kappa shape index (κ1) is 80.8. The minimum absolute atomic E-state index is 0.0343. The monoisotopic (exact) mass is 1170 g/mol. The van der Waals surface area contributed by atoms with Gasteiger partial charge in [0.05, 0.1) is 13.2 Å². The molecule has 0 spiro atoms. The molecule has 2 atom stereocenters. The van der Waals surface area contributed by atoms with E-state index in [1.54, 1.807) is 0 Å². The van der Waals surface area contributed by atoms with E-state index >= 15 is 0 Å². The third-order valence-corrected chi connectivity index (χ3v) is 17.8. The van der Waals surface area contributed by atoms with Crippen LogP contribution in [0.15, 0.2) is 0 Å². The summed E-state index contributed by atoms with van der Waals surface area (Å²) in [5.74, 6) is 1.60. The molecule has 0 aromatic rings. The molecule has 0 aliphatic heterocycles. The highest BCUT2D eigenvalue weighted by atomic mass is 16.5. The molecule has 492 valence electrons. The molecular formula is C74H145N3O6. The summed E-state index contributed by atoms with van der Waals surface area (Å²) in [6.07, 6.45) is 60.8. The third kappa shape index (κ3) is 56.1. The molecule has 0 rings (SSSR count). The highest BCUT2D eigenvalue weighted by Crippen LogP contribution is 2.23. The fourth-order valence-corrected chi connectivity index (χ4v) is 12.0. The molecule has 0 aromatic carbocycles. The molecule has 0 fully saturated rings.